The molecule has 0 amide bonds. The van der Waals surface area contributed by atoms with E-state index >= 15 is 0 Å². The maximum absolute atomic E-state index is 4.44. The Morgan fingerprint density at radius 2 is 2.00 bits per heavy atom. The molecule has 1 aromatic rings. The van der Waals surface area contributed by atoms with E-state index in [1.165, 1.54) is 0 Å². The Hall–Kier alpha value is -0.160. The molecule has 80 valence electrons. The molecule has 5 heteroatoms. The Morgan fingerprint density at radius 1 is 1.29 bits per heavy atom. The number of aromatic amines is 1. The van der Waals surface area contributed by atoms with Crippen LogP contribution in [0.2, 0.25) is 0 Å². The van der Waals surface area contributed by atoms with Crippen LogP contribution in [0.15, 0.2) is 5.16 Å². The van der Waals surface area contributed by atoms with Crippen LogP contribution in [0, 0.1) is 0 Å². The van der Waals surface area contributed by atoms with E-state index in [1.807, 2.05) is 11.8 Å². The lowest BCUT2D eigenvalue weighted by Crippen LogP contribution is -2.13. The largest absolute Gasteiger partial charge is 0.254 e. The minimum Gasteiger partial charge on any atom is -0.254 e. The van der Waals surface area contributed by atoms with Gasteiger partial charge in [-0.15, -0.1) is 0 Å². The van der Waals surface area contributed by atoms with Gasteiger partial charge >= 0.3 is 0 Å². The normalized spacial score (nSPS) is 12.0. The van der Waals surface area contributed by atoms with Crippen LogP contribution in [0.4, 0.5) is 0 Å². The second kappa shape index (κ2) is 5.07. The van der Waals surface area contributed by atoms with E-state index in [0.717, 1.165) is 22.5 Å². The van der Waals surface area contributed by atoms with Crippen molar-refractivity contribution in [2.24, 2.45) is 0 Å². The molecule has 0 fully saturated rings. The van der Waals surface area contributed by atoms with Crippen LogP contribution < -0.4 is 0 Å². The van der Waals surface area contributed by atoms with Crippen molar-refractivity contribution in [1.29, 1.82) is 0 Å². The fourth-order valence-electron chi connectivity index (χ4n) is 0.869. The summed E-state index contributed by atoms with van der Waals surface area (Å²) in [5.41, 5.74) is 0.0365. The zero-order valence-corrected chi connectivity index (χ0v) is 10.8. The fourth-order valence-corrected chi connectivity index (χ4v) is 2.32. The first-order valence-corrected chi connectivity index (χ1v) is 6.96. The van der Waals surface area contributed by atoms with Crippen molar-refractivity contribution in [2.75, 3.05) is 17.8 Å². The van der Waals surface area contributed by atoms with Gasteiger partial charge in [-0.05, 0) is 6.26 Å². The van der Waals surface area contributed by atoms with Crippen LogP contribution in [0.5, 0.6) is 0 Å². The molecule has 1 N–H and O–H groups in total. The fraction of sp³-hybridized carbons (Fsp3) is 0.778. The van der Waals surface area contributed by atoms with Gasteiger partial charge in [0.25, 0.3) is 0 Å². The first-order chi connectivity index (χ1) is 6.54. The van der Waals surface area contributed by atoms with Gasteiger partial charge in [0, 0.05) is 16.9 Å². The molecule has 0 bridgehead atoms. The van der Waals surface area contributed by atoms with Gasteiger partial charge < -0.3 is 0 Å². The van der Waals surface area contributed by atoms with Crippen molar-refractivity contribution in [2.45, 2.75) is 31.3 Å². The number of nitrogens with zero attached hydrogens (tertiary/aromatic N) is 2. The van der Waals surface area contributed by atoms with Crippen LogP contribution in [-0.4, -0.2) is 32.9 Å². The Morgan fingerprint density at radius 3 is 2.50 bits per heavy atom. The van der Waals surface area contributed by atoms with Gasteiger partial charge in [0.2, 0.25) is 0 Å². The van der Waals surface area contributed by atoms with E-state index in [2.05, 4.69) is 42.2 Å². The minimum absolute atomic E-state index is 0.0365. The molecule has 0 saturated carbocycles. The zero-order valence-electron chi connectivity index (χ0n) is 9.13. The molecule has 0 aromatic carbocycles. The van der Waals surface area contributed by atoms with Crippen LogP contribution in [0.3, 0.4) is 0 Å². The first-order valence-electron chi connectivity index (χ1n) is 4.58. The molecule has 1 rings (SSSR count). The third-order valence-electron chi connectivity index (χ3n) is 1.66. The monoisotopic (exact) mass is 231 g/mol. The standard InChI is InChI=1S/C9H17N3S2/c1-9(2,3)7-10-8(12-11-7)14-6-5-13-4/h5-6H2,1-4H3,(H,10,11,12). The number of hydrogen-bond donors (Lipinski definition) is 1. The maximum Gasteiger partial charge on any atom is 0.183 e. The molecule has 3 nitrogen and oxygen atoms in total. The van der Waals surface area contributed by atoms with Gasteiger partial charge in [0.1, 0.15) is 0 Å². The van der Waals surface area contributed by atoms with Crippen LogP contribution >= 0.6 is 23.5 Å². The lowest BCUT2D eigenvalue weighted by atomic mass is 9.96. The molecule has 0 atom stereocenters. The van der Waals surface area contributed by atoms with Crippen molar-refractivity contribution in [3.63, 3.8) is 0 Å². The second-order valence-electron chi connectivity index (χ2n) is 4.06. The summed E-state index contributed by atoms with van der Waals surface area (Å²) in [7, 11) is 0. The Kier molecular flexibility index (Phi) is 4.31. The Labute approximate surface area is 93.8 Å². The SMILES string of the molecule is CSCCSc1nc(C(C)(C)C)n[nH]1. The quantitative estimate of drug-likeness (QED) is 0.639. The van der Waals surface area contributed by atoms with Crippen molar-refractivity contribution in [3.05, 3.63) is 5.82 Å². The highest BCUT2D eigenvalue weighted by atomic mass is 32.2. The predicted molar refractivity (Wildman–Crippen MR) is 64.2 cm³/mol. The molecular weight excluding hydrogens is 214 g/mol. The molecule has 0 saturated heterocycles. The summed E-state index contributed by atoms with van der Waals surface area (Å²) < 4.78 is 0. The van der Waals surface area contributed by atoms with Gasteiger partial charge in [0.15, 0.2) is 11.0 Å². The molecule has 1 heterocycles. The van der Waals surface area contributed by atoms with Gasteiger partial charge in [-0.2, -0.15) is 16.9 Å². The van der Waals surface area contributed by atoms with E-state index in [0.29, 0.717) is 0 Å². The third-order valence-corrected chi connectivity index (χ3v) is 3.40. The number of aromatic nitrogens is 3. The summed E-state index contributed by atoms with van der Waals surface area (Å²) in [4.78, 5) is 4.44. The molecule has 0 aliphatic rings. The number of thioether (sulfide) groups is 2. The Bertz CT molecular complexity index is 278. The van der Waals surface area contributed by atoms with Crippen LogP contribution in [0.1, 0.15) is 26.6 Å². The summed E-state index contributed by atoms with van der Waals surface area (Å²) in [5, 5.41) is 8.10. The maximum atomic E-state index is 4.44. The van der Waals surface area contributed by atoms with Crippen molar-refractivity contribution >= 4 is 23.5 Å². The lowest BCUT2D eigenvalue weighted by Gasteiger charge is -2.11. The number of rotatable bonds is 4. The van der Waals surface area contributed by atoms with Crippen molar-refractivity contribution in [3.8, 4) is 0 Å². The summed E-state index contributed by atoms with van der Waals surface area (Å²) in [6.45, 7) is 6.35. The first kappa shape index (κ1) is 11.9. The minimum atomic E-state index is 0.0365. The number of hydrogen-bond acceptors (Lipinski definition) is 4. The van der Waals surface area contributed by atoms with Gasteiger partial charge in [0.05, 0.1) is 0 Å². The highest BCUT2D eigenvalue weighted by Crippen LogP contribution is 2.21. The molecule has 0 radical (unpaired) electrons. The lowest BCUT2D eigenvalue weighted by molar-refractivity contribution is 0.547. The summed E-state index contributed by atoms with van der Waals surface area (Å²) >= 11 is 3.58. The van der Waals surface area contributed by atoms with E-state index < -0.39 is 0 Å². The average molecular weight is 231 g/mol. The van der Waals surface area contributed by atoms with Crippen LogP contribution in [0.25, 0.3) is 0 Å². The van der Waals surface area contributed by atoms with E-state index in [4.69, 9.17) is 0 Å². The average Bonchev–Trinajstić information content (AvgIpc) is 2.52. The highest BCUT2D eigenvalue weighted by Gasteiger charge is 2.19. The van der Waals surface area contributed by atoms with E-state index in [9.17, 15) is 0 Å². The third kappa shape index (κ3) is 3.53. The highest BCUT2D eigenvalue weighted by molar-refractivity contribution is 8.02. The van der Waals surface area contributed by atoms with Gasteiger partial charge in [-0.3, -0.25) is 5.10 Å². The topological polar surface area (TPSA) is 41.6 Å². The molecule has 0 spiro atoms. The van der Waals surface area contributed by atoms with Gasteiger partial charge in [-0.1, -0.05) is 32.5 Å². The van der Waals surface area contributed by atoms with Gasteiger partial charge in [-0.25, -0.2) is 4.98 Å². The zero-order chi connectivity index (χ0) is 10.6. The summed E-state index contributed by atoms with van der Waals surface area (Å²) in [6, 6.07) is 0. The van der Waals surface area contributed by atoms with E-state index in [-0.39, 0.29) is 5.41 Å². The van der Waals surface area contributed by atoms with Crippen LogP contribution in [-0.2, 0) is 5.41 Å². The molecule has 0 aliphatic heterocycles. The molecule has 0 unspecified atom stereocenters. The van der Waals surface area contributed by atoms with Crippen molar-refractivity contribution < 1.29 is 0 Å². The number of H-pyrrole nitrogens is 1. The summed E-state index contributed by atoms with van der Waals surface area (Å²) in [5.74, 6) is 3.13. The molecule has 0 aliphatic carbocycles. The van der Waals surface area contributed by atoms with E-state index in [1.54, 1.807) is 11.8 Å². The summed E-state index contributed by atoms with van der Waals surface area (Å²) in [6.07, 6.45) is 2.11. The Balaban J connectivity index is 2.51. The molecular formula is C9H17N3S2. The van der Waals surface area contributed by atoms with Crippen molar-refractivity contribution in [1.82, 2.24) is 15.2 Å². The smallest absolute Gasteiger partial charge is 0.183 e. The predicted octanol–water partition coefficient (Wildman–Crippen LogP) is 2.56. The molecule has 1 aromatic heterocycles. The number of nitrogens with one attached hydrogen (secondary N) is 1. The second-order valence-corrected chi connectivity index (χ2v) is 6.12. The molecule has 14 heavy (non-hydrogen) atoms.